The highest BCUT2D eigenvalue weighted by Gasteiger charge is 2.39. The van der Waals surface area contributed by atoms with E-state index in [1.54, 1.807) is 6.07 Å². The van der Waals surface area contributed by atoms with Gasteiger partial charge in [0, 0.05) is 13.1 Å². The lowest BCUT2D eigenvalue weighted by atomic mass is 9.62. The van der Waals surface area contributed by atoms with Crippen LogP contribution in [0, 0.1) is 18.8 Å². The number of carbonyl (C=O) groups excluding carboxylic acids is 1. The van der Waals surface area contributed by atoms with Gasteiger partial charge in [0.2, 0.25) is 0 Å². The number of halogens is 1. The van der Waals surface area contributed by atoms with E-state index in [-0.39, 0.29) is 19.4 Å². The van der Waals surface area contributed by atoms with Gasteiger partial charge in [0.05, 0.1) is 16.7 Å². The van der Waals surface area contributed by atoms with Crippen molar-refractivity contribution >= 4 is 17.5 Å². The fourth-order valence-electron chi connectivity index (χ4n) is 5.01. The molecule has 4 nitrogen and oxygen atoms in total. The molecule has 1 aromatic carbocycles. The third-order valence-electron chi connectivity index (χ3n) is 6.47. The first-order valence-electron chi connectivity index (χ1n) is 10.4. The SMILES string of the molecule is CNC[C@H](O)CCc1ccc(Cl)c(C(=O)NCC23CCCC(CCC2)C3)c1.[CH2]. The predicted octanol–water partition coefficient (Wildman–Crippen LogP) is 4.27. The topological polar surface area (TPSA) is 61.4 Å². The van der Waals surface area contributed by atoms with Crippen molar-refractivity contribution in [3.05, 3.63) is 41.8 Å². The summed E-state index contributed by atoms with van der Waals surface area (Å²) in [7, 11) is 1.83. The lowest BCUT2D eigenvalue weighted by Gasteiger charge is -2.45. The molecule has 0 spiro atoms. The summed E-state index contributed by atoms with van der Waals surface area (Å²) >= 11 is 6.31. The molecule has 2 saturated carbocycles. The summed E-state index contributed by atoms with van der Waals surface area (Å²) in [4.78, 5) is 12.8. The molecule has 0 unspecified atom stereocenters. The molecule has 0 saturated heterocycles. The van der Waals surface area contributed by atoms with Crippen molar-refractivity contribution in [1.82, 2.24) is 10.6 Å². The van der Waals surface area contributed by atoms with Crippen molar-refractivity contribution in [1.29, 1.82) is 0 Å². The van der Waals surface area contributed by atoms with Crippen molar-refractivity contribution in [2.24, 2.45) is 11.3 Å². The zero-order valence-electron chi connectivity index (χ0n) is 17.1. The number of amides is 1. The number of likely N-dealkylation sites (N-methyl/N-ethyl adjacent to an activating group) is 1. The number of fused-ring (bicyclic) bond motifs is 2. The van der Waals surface area contributed by atoms with Gasteiger partial charge in [-0.3, -0.25) is 4.79 Å². The highest BCUT2D eigenvalue weighted by atomic mass is 35.5. The Balaban J connectivity index is 0.00000280. The Kier molecular flexibility index (Phi) is 8.79. The molecule has 156 valence electrons. The van der Waals surface area contributed by atoms with Crippen molar-refractivity contribution in [2.75, 3.05) is 20.1 Å². The normalized spacial score (nSPS) is 24.9. The molecular weight excluding hydrogens is 372 g/mol. The Morgan fingerprint density at radius 1 is 1.32 bits per heavy atom. The average molecular weight is 407 g/mol. The molecule has 3 rings (SSSR count). The van der Waals surface area contributed by atoms with E-state index < -0.39 is 0 Å². The smallest absolute Gasteiger partial charge is 0.252 e. The van der Waals surface area contributed by atoms with Crippen molar-refractivity contribution in [2.45, 2.75) is 63.9 Å². The molecule has 2 fully saturated rings. The first kappa shape index (κ1) is 23.2. The maximum Gasteiger partial charge on any atom is 0.252 e. The van der Waals surface area contributed by atoms with Crippen LogP contribution in [0.3, 0.4) is 0 Å². The number of aryl methyl sites for hydroxylation is 1. The molecule has 0 aromatic heterocycles. The van der Waals surface area contributed by atoms with E-state index in [0.717, 1.165) is 24.4 Å². The second-order valence-electron chi connectivity index (χ2n) is 8.60. The zero-order chi connectivity index (χ0) is 19.3. The Morgan fingerprint density at radius 3 is 2.71 bits per heavy atom. The number of hydrogen-bond donors (Lipinski definition) is 3. The summed E-state index contributed by atoms with van der Waals surface area (Å²) in [6.07, 6.45) is 10.1. The number of nitrogens with one attached hydrogen (secondary N) is 2. The van der Waals surface area contributed by atoms with Gasteiger partial charge in [0.1, 0.15) is 0 Å². The molecule has 0 aliphatic heterocycles. The van der Waals surface area contributed by atoms with Crippen molar-refractivity contribution in [3.63, 3.8) is 0 Å². The average Bonchev–Trinajstić information content (AvgIpc) is 2.66. The zero-order valence-corrected chi connectivity index (χ0v) is 17.9. The van der Waals surface area contributed by atoms with Crippen LogP contribution in [0.5, 0.6) is 0 Å². The minimum atomic E-state index is -0.382. The molecule has 1 amide bonds. The van der Waals surface area contributed by atoms with Crippen LogP contribution in [0.15, 0.2) is 18.2 Å². The van der Waals surface area contributed by atoms with E-state index in [2.05, 4.69) is 10.6 Å². The van der Waals surface area contributed by atoms with Crippen LogP contribution in [0.1, 0.15) is 67.3 Å². The first-order valence-corrected chi connectivity index (χ1v) is 10.8. The van der Waals surface area contributed by atoms with Crippen molar-refractivity contribution in [3.8, 4) is 0 Å². The van der Waals surface area contributed by atoms with Gasteiger partial charge in [0.25, 0.3) is 5.91 Å². The summed E-state index contributed by atoms with van der Waals surface area (Å²) in [6, 6.07) is 5.62. The summed E-state index contributed by atoms with van der Waals surface area (Å²) in [5.41, 5.74) is 1.89. The van der Waals surface area contributed by atoms with E-state index in [9.17, 15) is 9.90 Å². The molecular formula is C23H35ClN2O2. The summed E-state index contributed by atoms with van der Waals surface area (Å²) in [6.45, 7) is 1.34. The molecule has 5 heteroatoms. The Labute approximate surface area is 175 Å². The van der Waals surface area contributed by atoms with Crippen LogP contribution in [-0.4, -0.2) is 37.3 Å². The van der Waals surface area contributed by atoms with Gasteiger partial charge in [-0.25, -0.2) is 0 Å². The van der Waals surface area contributed by atoms with Crippen LogP contribution in [-0.2, 0) is 6.42 Å². The fraction of sp³-hybridized carbons (Fsp3) is 0.652. The largest absolute Gasteiger partial charge is 0.392 e. The maximum absolute atomic E-state index is 12.8. The highest BCUT2D eigenvalue weighted by molar-refractivity contribution is 6.33. The minimum absolute atomic E-state index is 0. The lowest BCUT2D eigenvalue weighted by molar-refractivity contribution is 0.0681. The summed E-state index contributed by atoms with van der Waals surface area (Å²) in [5, 5.41) is 16.5. The van der Waals surface area contributed by atoms with Crippen LogP contribution >= 0.6 is 11.6 Å². The van der Waals surface area contributed by atoms with E-state index in [1.807, 2.05) is 19.2 Å². The molecule has 2 aliphatic carbocycles. The van der Waals surface area contributed by atoms with E-state index in [4.69, 9.17) is 11.6 Å². The van der Waals surface area contributed by atoms with Crippen LogP contribution in [0.25, 0.3) is 0 Å². The Morgan fingerprint density at radius 2 is 2.04 bits per heavy atom. The van der Waals surface area contributed by atoms with E-state index in [0.29, 0.717) is 29.0 Å². The van der Waals surface area contributed by atoms with Gasteiger partial charge in [-0.2, -0.15) is 0 Å². The Bertz CT molecular complexity index is 639. The van der Waals surface area contributed by atoms with Crippen LogP contribution in [0.2, 0.25) is 5.02 Å². The second kappa shape index (κ2) is 10.6. The van der Waals surface area contributed by atoms with Crippen molar-refractivity contribution < 1.29 is 9.90 Å². The molecule has 2 bridgehead atoms. The third-order valence-corrected chi connectivity index (χ3v) is 6.80. The number of rotatable bonds is 8. The van der Waals surface area contributed by atoms with Gasteiger partial charge in [0.15, 0.2) is 0 Å². The number of aliphatic hydroxyl groups excluding tert-OH is 1. The molecule has 3 N–H and O–H groups in total. The number of aliphatic hydroxyl groups is 1. The molecule has 2 radical (unpaired) electrons. The lowest BCUT2D eigenvalue weighted by Crippen LogP contribution is -2.43. The summed E-state index contributed by atoms with van der Waals surface area (Å²) in [5.74, 6) is 0.792. The van der Waals surface area contributed by atoms with E-state index in [1.165, 1.54) is 44.9 Å². The Hall–Kier alpha value is -1.10. The van der Waals surface area contributed by atoms with Crippen LogP contribution in [0.4, 0.5) is 0 Å². The fourth-order valence-corrected chi connectivity index (χ4v) is 5.21. The molecule has 1 aromatic rings. The number of hydrogen-bond acceptors (Lipinski definition) is 3. The molecule has 0 heterocycles. The quantitative estimate of drug-likeness (QED) is 0.604. The summed E-state index contributed by atoms with van der Waals surface area (Å²) < 4.78 is 0. The van der Waals surface area contributed by atoms with Gasteiger partial charge in [-0.1, -0.05) is 50.8 Å². The minimum Gasteiger partial charge on any atom is -0.392 e. The van der Waals surface area contributed by atoms with Gasteiger partial charge >= 0.3 is 0 Å². The van der Waals surface area contributed by atoms with Gasteiger partial charge < -0.3 is 15.7 Å². The van der Waals surface area contributed by atoms with E-state index >= 15 is 0 Å². The highest BCUT2D eigenvalue weighted by Crippen LogP contribution is 2.48. The second-order valence-corrected chi connectivity index (χ2v) is 9.01. The number of carbonyl (C=O) groups is 1. The first-order chi connectivity index (χ1) is 13.0. The third kappa shape index (κ3) is 5.95. The molecule has 28 heavy (non-hydrogen) atoms. The maximum atomic E-state index is 12.8. The van der Waals surface area contributed by atoms with Crippen LogP contribution < -0.4 is 10.6 Å². The van der Waals surface area contributed by atoms with Gasteiger partial charge in [-0.05, 0) is 68.2 Å². The number of benzene rings is 1. The molecule has 1 atom stereocenters. The predicted molar refractivity (Wildman–Crippen MR) is 116 cm³/mol. The van der Waals surface area contributed by atoms with Gasteiger partial charge in [-0.15, -0.1) is 0 Å². The molecule has 2 aliphatic rings. The monoisotopic (exact) mass is 406 g/mol. The standard InChI is InChI=1S/C22H33ClN2O2.CH2/c1-24-14-18(26)8-6-16-7-9-20(23)19(12-16)21(27)25-15-22-10-2-4-17(13-22)5-3-11-22;/h7,9,12,17-18,24,26H,2-6,8,10-11,13-15H2,1H3,(H,25,27);1H2/t17?,18-,22?;/m1./s1.